The second-order valence-corrected chi connectivity index (χ2v) is 18.5. The zero-order valence-electron chi connectivity index (χ0n) is 25.3. The summed E-state index contributed by atoms with van der Waals surface area (Å²) in [6.45, 7) is 10.0. The third kappa shape index (κ3) is 7.30. The highest BCUT2D eigenvalue weighted by Gasteiger charge is 2.54. The Bertz CT molecular complexity index is 1570. The predicted molar refractivity (Wildman–Crippen MR) is 157 cm³/mol. The van der Waals surface area contributed by atoms with Gasteiger partial charge in [-0.1, -0.05) is 20.8 Å². The van der Waals surface area contributed by atoms with E-state index in [0.717, 1.165) is 9.13 Å². The second kappa shape index (κ2) is 12.7. The van der Waals surface area contributed by atoms with Gasteiger partial charge in [0.2, 0.25) is 0 Å². The van der Waals surface area contributed by atoms with Gasteiger partial charge in [0.05, 0.1) is 19.3 Å². The van der Waals surface area contributed by atoms with Crippen molar-refractivity contribution in [1.82, 2.24) is 19.1 Å². The van der Waals surface area contributed by atoms with E-state index >= 15 is 0 Å². The summed E-state index contributed by atoms with van der Waals surface area (Å²) in [5.41, 5.74) is 3.82. The van der Waals surface area contributed by atoms with E-state index in [1.54, 1.807) is 0 Å². The fraction of sp³-hybridized carbons (Fsp3) is 0.680. The van der Waals surface area contributed by atoms with Gasteiger partial charge in [-0.25, -0.2) is 14.2 Å². The van der Waals surface area contributed by atoms with Gasteiger partial charge < -0.3 is 34.7 Å². The molecule has 0 saturated carbocycles. The van der Waals surface area contributed by atoms with Crippen LogP contribution in [0.2, 0.25) is 18.1 Å². The average Bonchev–Trinajstić information content (AvgIpc) is 3.43. The molecule has 0 aromatic carbocycles. The highest BCUT2D eigenvalue weighted by Crippen LogP contribution is 2.51. The average molecular weight is 662 g/mol. The standard InChI is InChI=1S/C25H40N5O12PSi/c1-13-10-30(24(35)28-21(13)33)18-9-14(32)16(39-18)12-38-43(36,37)41-19-15(11-31)40-22(29-8-7-17(26)27-23(29)34)20(19)42-44(5,6)25(2,3)4/h7-8,10,14-16,18-20,22,31-32H,9,11-12H2,1-6H3,(H,36,37)(H2,26,27,34)(H,28,33,35)/t14-,15+,16+,18+,19+,20+,22+/m0/s1. The summed E-state index contributed by atoms with van der Waals surface area (Å²) in [4.78, 5) is 53.3. The Morgan fingerprint density at radius 1 is 1.18 bits per heavy atom. The molecule has 2 aromatic heterocycles. The summed E-state index contributed by atoms with van der Waals surface area (Å²) in [6.07, 6.45) is -5.69. The van der Waals surface area contributed by atoms with Crippen molar-refractivity contribution in [1.29, 1.82) is 0 Å². The van der Waals surface area contributed by atoms with Crippen LogP contribution in [0.5, 0.6) is 0 Å². The number of aryl methyl sites for hydroxylation is 1. The number of nitrogens with two attached hydrogens (primary N) is 1. The number of hydrogen-bond donors (Lipinski definition) is 5. The zero-order chi connectivity index (χ0) is 32.8. The maximum absolute atomic E-state index is 13.2. The van der Waals surface area contributed by atoms with E-state index < -0.39 is 89.3 Å². The molecule has 2 aliphatic rings. The van der Waals surface area contributed by atoms with Crippen molar-refractivity contribution in [3.63, 3.8) is 0 Å². The van der Waals surface area contributed by atoms with E-state index in [0.29, 0.717) is 0 Å². The van der Waals surface area contributed by atoms with Crippen LogP contribution < -0.4 is 22.7 Å². The van der Waals surface area contributed by atoms with Crippen LogP contribution in [0.15, 0.2) is 32.8 Å². The van der Waals surface area contributed by atoms with Gasteiger partial charge in [-0.15, -0.1) is 0 Å². The van der Waals surface area contributed by atoms with E-state index in [2.05, 4.69) is 9.97 Å². The maximum atomic E-state index is 13.2. The molecule has 0 amide bonds. The Balaban J connectivity index is 1.54. The number of phosphoric ester groups is 1. The first-order valence-electron chi connectivity index (χ1n) is 13.9. The third-order valence-corrected chi connectivity index (χ3v) is 13.6. The largest absolute Gasteiger partial charge is 0.472 e. The van der Waals surface area contributed by atoms with Gasteiger partial charge in [0.1, 0.15) is 36.5 Å². The highest BCUT2D eigenvalue weighted by molar-refractivity contribution is 7.47. The van der Waals surface area contributed by atoms with Crippen molar-refractivity contribution in [2.24, 2.45) is 0 Å². The lowest BCUT2D eigenvalue weighted by Gasteiger charge is -2.40. The molecule has 1 unspecified atom stereocenters. The molecular weight excluding hydrogens is 621 g/mol. The van der Waals surface area contributed by atoms with Gasteiger partial charge in [-0.05, 0) is 31.1 Å². The van der Waals surface area contributed by atoms with Crippen LogP contribution in [-0.4, -0.2) is 86.3 Å². The fourth-order valence-corrected chi connectivity index (χ4v) is 6.90. The summed E-state index contributed by atoms with van der Waals surface area (Å²) in [6, 6.07) is 1.37. The number of nitrogens with one attached hydrogen (secondary N) is 1. The molecule has 8 atom stereocenters. The second-order valence-electron chi connectivity index (χ2n) is 12.4. The van der Waals surface area contributed by atoms with Crippen molar-refractivity contribution < 1.29 is 42.6 Å². The molecule has 17 nitrogen and oxygen atoms in total. The van der Waals surface area contributed by atoms with Crippen LogP contribution in [0.25, 0.3) is 0 Å². The first-order valence-corrected chi connectivity index (χ1v) is 18.3. The first kappa shape index (κ1) is 34.4. The molecule has 19 heteroatoms. The molecule has 4 rings (SSSR count). The minimum Gasteiger partial charge on any atom is -0.407 e. The number of hydrogen-bond acceptors (Lipinski definition) is 13. The third-order valence-electron chi connectivity index (χ3n) is 8.15. The highest BCUT2D eigenvalue weighted by atomic mass is 31.2. The molecule has 4 heterocycles. The summed E-state index contributed by atoms with van der Waals surface area (Å²) in [5, 5.41) is 20.3. The van der Waals surface area contributed by atoms with Crippen molar-refractivity contribution in [3.05, 3.63) is 55.3 Å². The summed E-state index contributed by atoms with van der Waals surface area (Å²) >= 11 is 0. The molecule has 6 N–H and O–H groups in total. The Kier molecular flexibility index (Phi) is 9.92. The molecule has 0 bridgehead atoms. The fourth-order valence-electron chi connectivity index (χ4n) is 4.66. The minimum atomic E-state index is -4.95. The van der Waals surface area contributed by atoms with Gasteiger partial charge in [-0.3, -0.25) is 28.0 Å². The Labute approximate surface area is 253 Å². The quantitative estimate of drug-likeness (QED) is 0.168. The van der Waals surface area contributed by atoms with Gasteiger partial charge in [0.15, 0.2) is 14.5 Å². The number of nitrogen functional groups attached to an aromatic ring is 1. The predicted octanol–water partition coefficient (Wildman–Crippen LogP) is 0.115. The Morgan fingerprint density at radius 3 is 2.48 bits per heavy atom. The summed E-state index contributed by atoms with van der Waals surface area (Å²) in [7, 11) is -7.60. The van der Waals surface area contributed by atoms with E-state index in [9.17, 15) is 34.1 Å². The zero-order valence-corrected chi connectivity index (χ0v) is 27.2. The van der Waals surface area contributed by atoms with Gasteiger partial charge in [0, 0.05) is 24.4 Å². The van der Waals surface area contributed by atoms with Crippen molar-refractivity contribution in [3.8, 4) is 0 Å². The SMILES string of the molecule is Cc1cn([C@H]2C[C@H](O)[C@@H](COP(=O)(O)O[C@H]3[C@@H](O[Si](C)(C)C(C)(C)C)[C@H](n4ccc(N)nc4=O)O[C@@H]3CO)O2)c(=O)[nH]c1=O. The van der Waals surface area contributed by atoms with Gasteiger partial charge in [0.25, 0.3) is 5.56 Å². The van der Waals surface area contributed by atoms with Crippen LogP contribution in [0.4, 0.5) is 5.82 Å². The number of aromatic nitrogens is 4. The lowest BCUT2D eigenvalue weighted by atomic mass is 10.1. The molecule has 2 saturated heterocycles. The molecular formula is C25H40N5O12PSi. The monoisotopic (exact) mass is 661 g/mol. The van der Waals surface area contributed by atoms with Crippen LogP contribution in [0.1, 0.15) is 45.2 Å². The van der Waals surface area contributed by atoms with Gasteiger partial charge >= 0.3 is 19.2 Å². The molecule has 2 fully saturated rings. The number of phosphoric acid groups is 1. The molecule has 2 aliphatic heterocycles. The smallest absolute Gasteiger partial charge is 0.407 e. The van der Waals surface area contributed by atoms with E-state index in [-0.39, 0.29) is 22.8 Å². The number of H-pyrrole nitrogens is 1. The lowest BCUT2D eigenvalue weighted by Crippen LogP contribution is -2.50. The Hall–Kier alpha value is -2.51. The normalized spacial score (nSPS) is 29.2. The minimum absolute atomic E-state index is 0.0231. The van der Waals surface area contributed by atoms with Crippen LogP contribution in [0, 0.1) is 6.92 Å². The summed E-state index contributed by atoms with van der Waals surface area (Å²) < 4.78 is 44.4. The molecule has 0 spiro atoms. The van der Waals surface area contributed by atoms with Gasteiger partial charge in [-0.2, -0.15) is 4.98 Å². The van der Waals surface area contributed by atoms with Crippen molar-refractivity contribution in [2.75, 3.05) is 18.9 Å². The van der Waals surface area contributed by atoms with Crippen LogP contribution in [-0.2, 0) is 27.5 Å². The van der Waals surface area contributed by atoms with E-state index in [1.807, 2.05) is 33.9 Å². The lowest BCUT2D eigenvalue weighted by molar-refractivity contribution is -0.0580. The number of anilines is 1. The molecule has 0 radical (unpaired) electrons. The molecule has 44 heavy (non-hydrogen) atoms. The number of ether oxygens (including phenoxy) is 2. The number of aliphatic hydroxyl groups excluding tert-OH is 2. The number of nitrogens with zero attached hydrogens (tertiary/aromatic N) is 3. The number of aliphatic hydroxyl groups is 2. The molecule has 0 aliphatic carbocycles. The molecule has 246 valence electrons. The van der Waals surface area contributed by atoms with Crippen LogP contribution >= 0.6 is 7.82 Å². The van der Waals surface area contributed by atoms with Crippen LogP contribution in [0.3, 0.4) is 0 Å². The summed E-state index contributed by atoms with van der Waals surface area (Å²) in [5.74, 6) is -0.0231. The number of rotatable bonds is 10. The Morgan fingerprint density at radius 2 is 1.86 bits per heavy atom. The maximum Gasteiger partial charge on any atom is 0.472 e. The van der Waals surface area contributed by atoms with E-state index in [1.165, 1.54) is 25.4 Å². The first-order chi connectivity index (χ1) is 20.3. The van der Waals surface area contributed by atoms with Crippen molar-refractivity contribution >= 4 is 22.0 Å². The number of aromatic amines is 1. The van der Waals surface area contributed by atoms with Crippen molar-refractivity contribution in [2.45, 2.75) is 95.2 Å². The van der Waals surface area contributed by atoms with E-state index in [4.69, 9.17) is 28.7 Å². The topological polar surface area (TPSA) is 240 Å². The molecule has 2 aromatic rings.